The highest BCUT2D eigenvalue weighted by Crippen LogP contribution is 2.40. The van der Waals surface area contributed by atoms with E-state index in [4.69, 9.17) is 4.42 Å². The number of nitrogens with zero attached hydrogens (tertiary/aromatic N) is 3. The van der Waals surface area contributed by atoms with Crippen molar-refractivity contribution in [3.8, 4) is 0 Å². The largest absolute Gasteiger partial charge is 0.426 e. The average molecular weight is 417 g/mol. The Labute approximate surface area is 168 Å². The van der Waals surface area contributed by atoms with E-state index in [1.165, 1.54) is 19.3 Å². The van der Waals surface area contributed by atoms with Gasteiger partial charge in [0.1, 0.15) is 0 Å². The molecule has 9 heteroatoms. The van der Waals surface area contributed by atoms with Crippen LogP contribution in [0.1, 0.15) is 83.4 Å². The third kappa shape index (κ3) is 4.29. The van der Waals surface area contributed by atoms with Crippen molar-refractivity contribution in [3.63, 3.8) is 0 Å². The van der Waals surface area contributed by atoms with E-state index in [-0.39, 0.29) is 19.0 Å². The van der Waals surface area contributed by atoms with Crippen molar-refractivity contribution in [2.45, 2.75) is 88.8 Å². The summed E-state index contributed by atoms with van der Waals surface area (Å²) < 4.78 is 44.9. The third-order valence-corrected chi connectivity index (χ3v) is 6.72. The van der Waals surface area contributed by atoms with Gasteiger partial charge in [-0.1, -0.05) is 33.1 Å². The van der Waals surface area contributed by atoms with Gasteiger partial charge in [-0.25, -0.2) is 0 Å². The maximum Gasteiger partial charge on any atom is 0.426 e. The van der Waals surface area contributed by atoms with Crippen LogP contribution in [0.3, 0.4) is 0 Å². The van der Waals surface area contributed by atoms with E-state index in [2.05, 4.69) is 10.2 Å². The number of aliphatic hydroxyl groups is 1. The van der Waals surface area contributed by atoms with Gasteiger partial charge in [-0.15, -0.1) is 10.2 Å². The number of halogens is 3. The number of amides is 1. The highest BCUT2D eigenvalue weighted by molar-refractivity contribution is 5.85. The molecular formula is C20H30F3N3O3. The molecule has 1 aliphatic heterocycles. The van der Waals surface area contributed by atoms with Crippen molar-refractivity contribution >= 4 is 5.91 Å². The van der Waals surface area contributed by atoms with Crippen LogP contribution >= 0.6 is 0 Å². The summed E-state index contributed by atoms with van der Waals surface area (Å²) in [5.74, 6) is 0.331. The molecule has 0 bridgehead atoms. The van der Waals surface area contributed by atoms with Gasteiger partial charge in [-0.2, -0.15) is 13.2 Å². The second-order valence-corrected chi connectivity index (χ2v) is 9.14. The minimum atomic E-state index is -5.00. The zero-order valence-electron chi connectivity index (χ0n) is 17.3. The smallest absolute Gasteiger partial charge is 0.424 e. The SMILES string of the molecule is CC(C)(c1nnc(C2CCCCC2)o1)C1CCN(C(=O)[C@@](C)(O)C(F)(F)F)CC1. The van der Waals surface area contributed by atoms with Gasteiger partial charge < -0.3 is 14.4 Å². The fourth-order valence-electron chi connectivity index (χ4n) is 4.42. The monoisotopic (exact) mass is 417 g/mol. The molecule has 0 spiro atoms. The number of hydrogen-bond donors (Lipinski definition) is 1. The maximum absolute atomic E-state index is 13.0. The number of alkyl halides is 3. The fourth-order valence-corrected chi connectivity index (χ4v) is 4.42. The lowest BCUT2D eigenvalue weighted by molar-refractivity contribution is -0.250. The molecule has 1 aromatic heterocycles. The molecule has 1 atom stereocenters. The summed E-state index contributed by atoms with van der Waals surface area (Å²) in [5, 5.41) is 18.2. The molecule has 1 amide bonds. The average Bonchev–Trinajstić information content (AvgIpc) is 3.18. The molecule has 29 heavy (non-hydrogen) atoms. The van der Waals surface area contributed by atoms with Crippen LogP contribution in [0.4, 0.5) is 13.2 Å². The molecule has 6 nitrogen and oxygen atoms in total. The lowest BCUT2D eigenvalue weighted by atomic mass is 9.73. The minimum Gasteiger partial charge on any atom is -0.424 e. The summed E-state index contributed by atoms with van der Waals surface area (Å²) in [5.41, 5.74) is -3.81. The predicted octanol–water partition coefficient (Wildman–Crippen LogP) is 3.95. The number of piperidine rings is 1. The topological polar surface area (TPSA) is 79.5 Å². The van der Waals surface area contributed by atoms with Crippen molar-refractivity contribution < 1.29 is 27.5 Å². The van der Waals surface area contributed by atoms with Gasteiger partial charge in [0, 0.05) is 24.4 Å². The Balaban J connectivity index is 1.64. The van der Waals surface area contributed by atoms with Crippen molar-refractivity contribution in [1.82, 2.24) is 15.1 Å². The lowest BCUT2D eigenvalue weighted by Crippen LogP contribution is -2.58. The third-order valence-electron chi connectivity index (χ3n) is 6.72. The Kier molecular flexibility index (Phi) is 6.00. The van der Waals surface area contributed by atoms with Crippen molar-refractivity contribution in [2.75, 3.05) is 13.1 Å². The van der Waals surface area contributed by atoms with E-state index in [1.807, 2.05) is 13.8 Å². The van der Waals surface area contributed by atoms with Crippen molar-refractivity contribution in [1.29, 1.82) is 0 Å². The first kappa shape index (κ1) is 22.1. The molecule has 1 saturated carbocycles. The maximum atomic E-state index is 13.0. The van der Waals surface area contributed by atoms with Gasteiger partial charge in [-0.3, -0.25) is 4.79 Å². The van der Waals surface area contributed by atoms with E-state index in [9.17, 15) is 23.1 Å². The van der Waals surface area contributed by atoms with Crippen molar-refractivity contribution in [2.24, 2.45) is 5.92 Å². The number of carbonyl (C=O) groups is 1. The van der Waals surface area contributed by atoms with E-state index in [1.54, 1.807) is 0 Å². The zero-order valence-corrected chi connectivity index (χ0v) is 17.3. The Hall–Kier alpha value is -1.64. The zero-order chi connectivity index (χ0) is 21.4. The van der Waals surface area contributed by atoms with Crippen molar-refractivity contribution in [3.05, 3.63) is 11.8 Å². The van der Waals surface area contributed by atoms with Crippen LogP contribution in [0, 0.1) is 5.92 Å². The van der Waals surface area contributed by atoms with Crippen LogP contribution in [0.15, 0.2) is 4.42 Å². The van der Waals surface area contributed by atoms with Gasteiger partial charge in [0.25, 0.3) is 5.91 Å². The molecule has 1 aromatic rings. The highest BCUT2D eigenvalue weighted by atomic mass is 19.4. The van der Waals surface area contributed by atoms with Gasteiger partial charge in [0.15, 0.2) is 0 Å². The molecule has 0 radical (unpaired) electrons. The van der Waals surface area contributed by atoms with Crippen LogP contribution in [-0.4, -0.2) is 51.0 Å². The molecule has 0 aromatic carbocycles. The summed E-state index contributed by atoms with van der Waals surface area (Å²) in [7, 11) is 0. The first-order chi connectivity index (χ1) is 13.4. The van der Waals surface area contributed by atoms with Gasteiger partial charge >= 0.3 is 6.18 Å². The molecule has 1 saturated heterocycles. The van der Waals surface area contributed by atoms with E-state index in [0.29, 0.717) is 37.5 Å². The van der Waals surface area contributed by atoms with Gasteiger partial charge in [0.05, 0.1) is 0 Å². The highest BCUT2D eigenvalue weighted by Gasteiger charge is 2.57. The van der Waals surface area contributed by atoms with Crippen LogP contribution in [-0.2, 0) is 10.2 Å². The van der Waals surface area contributed by atoms with E-state index < -0.39 is 23.1 Å². The second kappa shape index (κ2) is 7.89. The van der Waals surface area contributed by atoms with Crippen LogP contribution in [0.25, 0.3) is 0 Å². The number of aromatic nitrogens is 2. The predicted molar refractivity (Wildman–Crippen MR) is 99.1 cm³/mol. The summed E-state index contributed by atoms with van der Waals surface area (Å²) in [6.45, 7) is 4.82. The minimum absolute atomic E-state index is 0.0852. The summed E-state index contributed by atoms with van der Waals surface area (Å²) in [6.07, 6.45) is 1.70. The standard InChI is InChI=1S/C20H30F3N3O3/c1-18(2,16-25-24-15(29-16)13-7-5-4-6-8-13)14-9-11-26(12-10-14)17(27)19(3,28)20(21,22)23/h13-14,28H,4-12H2,1-3H3/t19-/m1/s1. The molecule has 1 aliphatic carbocycles. The molecular weight excluding hydrogens is 387 g/mol. The first-order valence-corrected chi connectivity index (χ1v) is 10.4. The van der Waals surface area contributed by atoms with Crippen LogP contribution in [0.2, 0.25) is 0 Å². The molecule has 2 aliphatic rings. The number of carbonyl (C=O) groups excluding carboxylic acids is 1. The lowest BCUT2D eigenvalue weighted by Gasteiger charge is -2.41. The van der Waals surface area contributed by atoms with E-state index >= 15 is 0 Å². The molecule has 1 N–H and O–H groups in total. The van der Waals surface area contributed by atoms with Crippen LogP contribution < -0.4 is 0 Å². The quantitative estimate of drug-likeness (QED) is 0.803. The number of likely N-dealkylation sites (tertiary alicyclic amines) is 1. The summed E-state index contributed by atoms with van der Waals surface area (Å²) in [6, 6.07) is 0. The first-order valence-electron chi connectivity index (χ1n) is 10.4. The van der Waals surface area contributed by atoms with E-state index in [0.717, 1.165) is 17.7 Å². The number of rotatable bonds is 4. The fraction of sp³-hybridized carbons (Fsp3) is 0.850. The molecule has 2 heterocycles. The molecule has 2 fully saturated rings. The van der Waals surface area contributed by atoms with Gasteiger partial charge in [-0.05, 0) is 38.5 Å². The van der Waals surface area contributed by atoms with Gasteiger partial charge in [0.2, 0.25) is 17.4 Å². The molecule has 3 rings (SSSR count). The Morgan fingerprint density at radius 1 is 1.03 bits per heavy atom. The Morgan fingerprint density at radius 3 is 2.17 bits per heavy atom. The molecule has 0 unspecified atom stereocenters. The Morgan fingerprint density at radius 2 is 1.62 bits per heavy atom. The summed E-state index contributed by atoms with van der Waals surface area (Å²) in [4.78, 5) is 13.3. The Bertz CT molecular complexity index is 716. The number of hydrogen-bond acceptors (Lipinski definition) is 5. The van der Waals surface area contributed by atoms with Crippen LogP contribution in [0.5, 0.6) is 0 Å². The molecule has 164 valence electrons. The normalized spacial score (nSPS) is 22.5. The second-order valence-electron chi connectivity index (χ2n) is 9.14. The summed E-state index contributed by atoms with van der Waals surface area (Å²) >= 11 is 0.